The van der Waals surface area contributed by atoms with Crippen LogP contribution in [0.4, 0.5) is 5.82 Å². The molecule has 4 rings (SSSR count). The Morgan fingerprint density at radius 1 is 1.17 bits per heavy atom. The second-order valence-corrected chi connectivity index (χ2v) is 7.28. The van der Waals surface area contributed by atoms with Crippen molar-refractivity contribution in [3.05, 3.63) is 30.7 Å². The van der Waals surface area contributed by atoms with Crippen molar-refractivity contribution in [2.45, 2.75) is 37.8 Å². The van der Waals surface area contributed by atoms with Gasteiger partial charge in [-0.2, -0.15) is 0 Å². The number of nitrogens with zero attached hydrogens (tertiary/aromatic N) is 3. The number of aliphatic hydroxyl groups excluding tert-OH is 1. The molecule has 0 aromatic carbocycles. The monoisotopic (exact) mass is 328 g/mol. The number of aromatic nitrogens is 2. The van der Waals surface area contributed by atoms with Crippen molar-refractivity contribution in [3.63, 3.8) is 0 Å². The molecule has 6 nitrogen and oxygen atoms in total. The molecular formula is C18H24N4O2. The van der Waals surface area contributed by atoms with Gasteiger partial charge >= 0.3 is 0 Å². The first kappa shape index (κ1) is 15.6. The Balaban J connectivity index is 1.38. The molecule has 6 heteroatoms. The van der Waals surface area contributed by atoms with E-state index in [9.17, 15) is 9.90 Å². The summed E-state index contributed by atoms with van der Waals surface area (Å²) < 4.78 is 0. The van der Waals surface area contributed by atoms with Gasteiger partial charge in [0.25, 0.3) is 0 Å². The van der Waals surface area contributed by atoms with Gasteiger partial charge < -0.3 is 15.3 Å². The van der Waals surface area contributed by atoms with E-state index in [0.29, 0.717) is 23.6 Å². The number of carbonyl (C=O) groups is 1. The minimum Gasteiger partial charge on any atom is -0.391 e. The van der Waals surface area contributed by atoms with Gasteiger partial charge in [-0.25, -0.2) is 4.98 Å². The molecule has 1 saturated heterocycles. The van der Waals surface area contributed by atoms with Crippen molar-refractivity contribution < 1.29 is 9.90 Å². The van der Waals surface area contributed by atoms with Gasteiger partial charge in [0.15, 0.2) is 0 Å². The Morgan fingerprint density at radius 2 is 1.92 bits per heavy atom. The van der Waals surface area contributed by atoms with Crippen LogP contribution < -0.4 is 5.32 Å². The number of nitrogens with one attached hydrogen (secondary N) is 1. The number of amides is 1. The summed E-state index contributed by atoms with van der Waals surface area (Å²) in [6, 6.07) is -0.0221. The van der Waals surface area contributed by atoms with Crippen LogP contribution in [0.3, 0.4) is 0 Å². The molecule has 0 bridgehead atoms. The smallest absolute Gasteiger partial charge is 0.226 e. The van der Waals surface area contributed by atoms with Gasteiger partial charge in [0.2, 0.25) is 5.91 Å². The van der Waals surface area contributed by atoms with Crippen LogP contribution in [0.1, 0.15) is 25.7 Å². The van der Waals surface area contributed by atoms with E-state index in [1.165, 1.54) is 0 Å². The summed E-state index contributed by atoms with van der Waals surface area (Å²) in [4.78, 5) is 23.0. The standard InChI is InChI=1S/C18H24N4O2/c23-16-8-14-11-22(18(24)12-3-1-2-4-12)10-13(14)7-15(16)21-17-9-19-5-6-20-17/h1-2,5-6,9,12-16,23H,3-4,7-8,10-11H2,(H,20,21)/t13-,14+,15-,16-/m1/s1. The van der Waals surface area contributed by atoms with E-state index in [2.05, 4.69) is 27.4 Å². The van der Waals surface area contributed by atoms with Gasteiger partial charge in [0.1, 0.15) is 5.82 Å². The van der Waals surface area contributed by atoms with Gasteiger partial charge in [-0.1, -0.05) is 12.2 Å². The van der Waals surface area contributed by atoms with Crippen LogP contribution >= 0.6 is 0 Å². The van der Waals surface area contributed by atoms with Crippen LogP contribution in [0.5, 0.6) is 0 Å². The number of fused-ring (bicyclic) bond motifs is 1. The summed E-state index contributed by atoms with van der Waals surface area (Å²) in [7, 11) is 0. The van der Waals surface area contributed by atoms with Crippen LogP contribution in [-0.2, 0) is 4.79 Å². The van der Waals surface area contributed by atoms with Gasteiger partial charge in [-0.15, -0.1) is 0 Å². The first-order chi connectivity index (χ1) is 11.7. The number of rotatable bonds is 3. The maximum Gasteiger partial charge on any atom is 0.226 e. The predicted octanol–water partition coefficient (Wildman–Crippen LogP) is 1.45. The fourth-order valence-electron chi connectivity index (χ4n) is 4.41. The van der Waals surface area contributed by atoms with E-state index in [1.54, 1.807) is 18.6 Å². The molecule has 0 radical (unpaired) electrons. The van der Waals surface area contributed by atoms with Crippen molar-refractivity contribution in [2.24, 2.45) is 17.8 Å². The maximum absolute atomic E-state index is 12.6. The molecule has 24 heavy (non-hydrogen) atoms. The fourth-order valence-corrected chi connectivity index (χ4v) is 4.41. The third-order valence-electron chi connectivity index (χ3n) is 5.71. The lowest BCUT2D eigenvalue weighted by atomic mass is 9.77. The van der Waals surface area contributed by atoms with Gasteiger partial charge in [-0.3, -0.25) is 9.78 Å². The zero-order chi connectivity index (χ0) is 16.5. The lowest BCUT2D eigenvalue weighted by Crippen LogP contribution is -2.43. The number of aliphatic hydroxyl groups is 1. The molecule has 1 aromatic rings. The van der Waals surface area contributed by atoms with Crippen molar-refractivity contribution in [2.75, 3.05) is 18.4 Å². The van der Waals surface area contributed by atoms with Crippen LogP contribution in [0, 0.1) is 17.8 Å². The van der Waals surface area contributed by atoms with Crippen LogP contribution in [-0.4, -0.2) is 51.1 Å². The van der Waals surface area contributed by atoms with Gasteiger partial charge in [0.05, 0.1) is 18.3 Å². The van der Waals surface area contributed by atoms with Crippen LogP contribution in [0.15, 0.2) is 30.7 Å². The molecule has 2 heterocycles. The lowest BCUT2D eigenvalue weighted by Gasteiger charge is -2.35. The van der Waals surface area contributed by atoms with E-state index in [1.807, 2.05) is 4.90 Å². The molecule has 1 aliphatic heterocycles. The zero-order valence-corrected chi connectivity index (χ0v) is 13.7. The molecule has 2 aliphatic carbocycles. The summed E-state index contributed by atoms with van der Waals surface area (Å²) in [5.41, 5.74) is 0. The third-order valence-corrected chi connectivity index (χ3v) is 5.71. The Kier molecular flexibility index (Phi) is 4.22. The topological polar surface area (TPSA) is 78.4 Å². The second-order valence-electron chi connectivity index (χ2n) is 7.28. The SMILES string of the molecule is O=C(C1CC=CC1)N1C[C@H]2C[C@@H](Nc3cnccn3)[C@H](O)C[C@H]2C1. The highest BCUT2D eigenvalue weighted by molar-refractivity contribution is 5.80. The van der Waals surface area contributed by atoms with Crippen molar-refractivity contribution >= 4 is 11.7 Å². The van der Waals surface area contributed by atoms with E-state index in [0.717, 1.165) is 38.8 Å². The first-order valence-corrected chi connectivity index (χ1v) is 8.85. The average molecular weight is 328 g/mol. The molecule has 3 aliphatic rings. The summed E-state index contributed by atoms with van der Waals surface area (Å²) >= 11 is 0. The highest BCUT2D eigenvalue weighted by Gasteiger charge is 2.44. The molecule has 2 fully saturated rings. The third kappa shape index (κ3) is 3.02. The highest BCUT2D eigenvalue weighted by atomic mass is 16.3. The Bertz CT molecular complexity index is 613. The van der Waals surface area contributed by atoms with Crippen molar-refractivity contribution in [3.8, 4) is 0 Å². The van der Waals surface area contributed by atoms with Crippen molar-refractivity contribution in [1.29, 1.82) is 0 Å². The molecule has 1 aromatic heterocycles. The molecule has 2 N–H and O–H groups in total. The largest absolute Gasteiger partial charge is 0.391 e. The predicted molar refractivity (Wildman–Crippen MR) is 90.1 cm³/mol. The number of likely N-dealkylation sites (tertiary alicyclic amines) is 1. The lowest BCUT2D eigenvalue weighted by molar-refractivity contribution is -0.134. The van der Waals surface area contributed by atoms with Crippen LogP contribution in [0.2, 0.25) is 0 Å². The fraction of sp³-hybridized carbons (Fsp3) is 0.611. The van der Waals surface area contributed by atoms with Gasteiger partial charge in [-0.05, 0) is 37.5 Å². The molecule has 128 valence electrons. The van der Waals surface area contributed by atoms with Crippen molar-refractivity contribution in [1.82, 2.24) is 14.9 Å². The Hall–Kier alpha value is -1.95. The van der Waals surface area contributed by atoms with E-state index in [-0.39, 0.29) is 12.0 Å². The molecule has 1 saturated carbocycles. The maximum atomic E-state index is 12.6. The minimum absolute atomic E-state index is 0.0221. The zero-order valence-electron chi connectivity index (χ0n) is 13.7. The number of allylic oxidation sites excluding steroid dienone is 2. The molecular weight excluding hydrogens is 304 g/mol. The van der Waals surface area contributed by atoms with Gasteiger partial charge in [0, 0.05) is 31.4 Å². The Morgan fingerprint density at radius 3 is 2.62 bits per heavy atom. The van der Waals surface area contributed by atoms with Crippen LogP contribution in [0.25, 0.3) is 0 Å². The summed E-state index contributed by atoms with van der Waals surface area (Å²) in [5, 5.41) is 13.8. The van der Waals surface area contributed by atoms with E-state index >= 15 is 0 Å². The summed E-state index contributed by atoms with van der Waals surface area (Å²) in [6.07, 6.45) is 12.1. The molecule has 4 atom stereocenters. The number of hydrogen-bond donors (Lipinski definition) is 2. The molecule has 1 amide bonds. The quantitative estimate of drug-likeness (QED) is 0.821. The number of carbonyl (C=O) groups excluding carboxylic acids is 1. The normalized spacial score (nSPS) is 32.8. The minimum atomic E-state index is -0.406. The summed E-state index contributed by atoms with van der Waals surface area (Å²) in [6.45, 7) is 1.63. The molecule has 0 spiro atoms. The average Bonchev–Trinajstić information content (AvgIpc) is 3.25. The van der Waals surface area contributed by atoms with E-state index in [4.69, 9.17) is 0 Å². The highest BCUT2D eigenvalue weighted by Crippen LogP contribution is 2.38. The number of hydrogen-bond acceptors (Lipinski definition) is 5. The molecule has 0 unspecified atom stereocenters. The first-order valence-electron chi connectivity index (χ1n) is 8.85. The number of anilines is 1. The summed E-state index contributed by atoms with van der Waals surface area (Å²) in [5.74, 6) is 2.01. The van der Waals surface area contributed by atoms with E-state index < -0.39 is 6.10 Å². The Labute approximate surface area is 142 Å². The second kappa shape index (κ2) is 6.51.